The van der Waals surface area contributed by atoms with Gasteiger partial charge in [-0.05, 0) is 56.4 Å². The van der Waals surface area contributed by atoms with E-state index in [-0.39, 0.29) is 29.5 Å². The third kappa shape index (κ3) is 4.99. The van der Waals surface area contributed by atoms with Gasteiger partial charge in [-0.15, -0.1) is 0 Å². The van der Waals surface area contributed by atoms with E-state index >= 15 is 0 Å². The standard InChI is InChI=1S/C20H20F4N2O2/c1-12-2-3-13(10-17(12)21)19(27)26-15-5-7-16(8-6-15)28-18-9-4-14(11-25-18)20(22,23)24/h2-4,9-11,15-16H,5-8H2,1H3,(H,26,27). The van der Waals surface area contributed by atoms with Gasteiger partial charge in [-0.25, -0.2) is 9.37 Å². The summed E-state index contributed by atoms with van der Waals surface area (Å²) in [5.41, 5.74) is -0.0691. The fraction of sp³-hybridized carbons (Fsp3) is 0.400. The molecule has 28 heavy (non-hydrogen) atoms. The number of aryl methyl sites for hydroxylation is 1. The average Bonchev–Trinajstić information content (AvgIpc) is 2.65. The monoisotopic (exact) mass is 396 g/mol. The zero-order valence-corrected chi connectivity index (χ0v) is 15.2. The van der Waals surface area contributed by atoms with Gasteiger partial charge in [-0.2, -0.15) is 13.2 Å². The van der Waals surface area contributed by atoms with Crippen LogP contribution in [0.4, 0.5) is 17.6 Å². The predicted molar refractivity (Wildman–Crippen MR) is 94.5 cm³/mol. The molecule has 0 spiro atoms. The van der Waals surface area contributed by atoms with Gasteiger partial charge in [0.1, 0.15) is 11.9 Å². The second-order valence-corrected chi connectivity index (χ2v) is 6.91. The molecule has 3 rings (SSSR count). The van der Waals surface area contributed by atoms with Crippen LogP contribution in [0.25, 0.3) is 0 Å². The molecule has 2 aromatic rings. The van der Waals surface area contributed by atoms with Gasteiger partial charge >= 0.3 is 6.18 Å². The van der Waals surface area contributed by atoms with Crippen LogP contribution in [-0.4, -0.2) is 23.0 Å². The van der Waals surface area contributed by atoms with Crippen LogP contribution in [0, 0.1) is 12.7 Å². The number of aromatic nitrogens is 1. The lowest BCUT2D eigenvalue weighted by Gasteiger charge is -2.29. The van der Waals surface area contributed by atoms with Crippen molar-refractivity contribution in [3.8, 4) is 5.88 Å². The average molecular weight is 396 g/mol. The number of ether oxygens (including phenoxy) is 1. The van der Waals surface area contributed by atoms with Crippen LogP contribution in [0.15, 0.2) is 36.5 Å². The van der Waals surface area contributed by atoms with Gasteiger partial charge in [-0.3, -0.25) is 4.79 Å². The predicted octanol–water partition coefficient (Wildman–Crippen LogP) is 4.67. The summed E-state index contributed by atoms with van der Waals surface area (Å²) >= 11 is 0. The molecule has 8 heteroatoms. The van der Waals surface area contributed by atoms with Crippen LogP contribution in [0.3, 0.4) is 0 Å². The van der Waals surface area contributed by atoms with Gasteiger partial charge in [0, 0.05) is 23.9 Å². The molecule has 0 atom stereocenters. The minimum atomic E-state index is -4.43. The number of benzene rings is 1. The first kappa shape index (κ1) is 20.1. The first-order chi connectivity index (χ1) is 13.2. The lowest BCUT2D eigenvalue weighted by atomic mass is 9.92. The lowest BCUT2D eigenvalue weighted by Crippen LogP contribution is -2.39. The Morgan fingerprint density at radius 2 is 1.86 bits per heavy atom. The molecule has 4 nitrogen and oxygen atoms in total. The maximum atomic E-state index is 13.6. The van der Waals surface area contributed by atoms with Crippen LogP contribution >= 0.6 is 0 Å². The van der Waals surface area contributed by atoms with Crippen molar-refractivity contribution in [1.29, 1.82) is 0 Å². The second kappa shape index (κ2) is 8.16. The van der Waals surface area contributed by atoms with E-state index in [0.29, 0.717) is 31.2 Å². The maximum Gasteiger partial charge on any atom is 0.417 e. The number of amides is 1. The van der Waals surface area contributed by atoms with Crippen LogP contribution in [-0.2, 0) is 6.18 Å². The topological polar surface area (TPSA) is 51.2 Å². The first-order valence-electron chi connectivity index (χ1n) is 8.99. The molecule has 1 aromatic heterocycles. The van der Waals surface area contributed by atoms with Crippen molar-refractivity contribution in [3.63, 3.8) is 0 Å². The number of nitrogens with one attached hydrogen (secondary N) is 1. The largest absolute Gasteiger partial charge is 0.474 e. The van der Waals surface area contributed by atoms with Crippen LogP contribution in [0.1, 0.15) is 47.2 Å². The fourth-order valence-electron chi connectivity index (χ4n) is 3.12. The molecule has 0 unspecified atom stereocenters. The Morgan fingerprint density at radius 3 is 2.43 bits per heavy atom. The van der Waals surface area contributed by atoms with Gasteiger partial charge in [0.05, 0.1) is 5.56 Å². The number of halogens is 4. The molecule has 1 aromatic carbocycles. The number of alkyl halides is 3. The number of pyridine rings is 1. The van der Waals surface area contributed by atoms with Crippen molar-refractivity contribution in [3.05, 3.63) is 59.0 Å². The Morgan fingerprint density at radius 1 is 1.14 bits per heavy atom. The number of hydrogen-bond acceptors (Lipinski definition) is 3. The summed E-state index contributed by atoms with van der Waals surface area (Å²) in [4.78, 5) is 16.0. The summed E-state index contributed by atoms with van der Waals surface area (Å²) in [7, 11) is 0. The summed E-state index contributed by atoms with van der Waals surface area (Å²) in [6.07, 6.45) is -1.26. The maximum absolute atomic E-state index is 13.6. The normalized spacial score (nSPS) is 19.9. The van der Waals surface area contributed by atoms with Crippen molar-refractivity contribution in [2.75, 3.05) is 0 Å². The minimum absolute atomic E-state index is 0.0581. The number of hydrogen-bond donors (Lipinski definition) is 1. The Labute approximate surface area is 159 Å². The molecule has 0 saturated heterocycles. The molecule has 1 fully saturated rings. The van der Waals surface area contributed by atoms with E-state index in [0.717, 1.165) is 12.3 Å². The van der Waals surface area contributed by atoms with E-state index in [4.69, 9.17) is 4.74 Å². The van der Waals surface area contributed by atoms with Crippen molar-refractivity contribution in [2.24, 2.45) is 0 Å². The highest BCUT2D eigenvalue weighted by atomic mass is 19.4. The van der Waals surface area contributed by atoms with Crippen LogP contribution < -0.4 is 10.1 Å². The van der Waals surface area contributed by atoms with Gasteiger partial charge in [0.2, 0.25) is 5.88 Å². The molecular formula is C20H20F4N2O2. The third-order valence-corrected chi connectivity index (χ3v) is 4.79. The van der Waals surface area contributed by atoms with Crippen molar-refractivity contribution < 1.29 is 27.1 Å². The van der Waals surface area contributed by atoms with Crippen LogP contribution in [0.5, 0.6) is 5.88 Å². The second-order valence-electron chi connectivity index (χ2n) is 6.91. The first-order valence-corrected chi connectivity index (χ1v) is 8.99. The number of nitrogens with zero attached hydrogens (tertiary/aromatic N) is 1. The number of rotatable bonds is 4. The van der Waals surface area contributed by atoms with Crippen molar-refractivity contribution in [2.45, 2.75) is 50.9 Å². The summed E-state index contributed by atoms with van der Waals surface area (Å²) in [6.45, 7) is 1.63. The molecule has 1 heterocycles. The molecular weight excluding hydrogens is 376 g/mol. The van der Waals surface area contributed by atoms with Gasteiger partial charge in [0.25, 0.3) is 5.91 Å². The molecule has 1 aliphatic rings. The van der Waals surface area contributed by atoms with E-state index in [2.05, 4.69) is 10.3 Å². The van der Waals surface area contributed by atoms with E-state index in [1.807, 2.05) is 0 Å². The van der Waals surface area contributed by atoms with Gasteiger partial charge in [-0.1, -0.05) is 6.07 Å². The van der Waals surface area contributed by atoms with Gasteiger partial charge in [0.15, 0.2) is 0 Å². The highest BCUT2D eigenvalue weighted by Gasteiger charge is 2.31. The number of carbonyl (C=O) groups excluding carboxylic acids is 1. The quantitative estimate of drug-likeness (QED) is 0.765. The van der Waals surface area contributed by atoms with E-state index < -0.39 is 17.6 Å². The van der Waals surface area contributed by atoms with E-state index in [1.54, 1.807) is 19.1 Å². The molecule has 1 saturated carbocycles. The summed E-state index contributed by atoms with van der Waals surface area (Å²) in [5, 5.41) is 2.89. The zero-order chi connectivity index (χ0) is 20.3. The molecule has 0 aliphatic heterocycles. The van der Waals surface area contributed by atoms with Gasteiger partial charge < -0.3 is 10.1 Å². The molecule has 1 amide bonds. The summed E-state index contributed by atoms with van der Waals surface area (Å²) in [6, 6.07) is 6.45. The van der Waals surface area contributed by atoms with E-state index in [9.17, 15) is 22.4 Å². The molecule has 1 N–H and O–H groups in total. The fourth-order valence-corrected chi connectivity index (χ4v) is 3.12. The lowest BCUT2D eigenvalue weighted by molar-refractivity contribution is -0.137. The molecule has 0 bridgehead atoms. The van der Waals surface area contributed by atoms with Crippen LogP contribution in [0.2, 0.25) is 0 Å². The Balaban J connectivity index is 1.49. The van der Waals surface area contributed by atoms with Crippen molar-refractivity contribution >= 4 is 5.91 Å². The van der Waals surface area contributed by atoms with Crippen molar-refractivity contribution in [1.82, 2.24) is 10.3 Å². The number of carbonyl (C=O) groups is 1. The molecule has 1 aliphatic carbocycles. The third-order valence-electron chi connectivity index (χ3n) is 4.79. The molecule has 0 radical (unpaired) electrons. The highest BCUT2D eigenvalue weighted by molar-refractivity contribution is 5.94. The van der Waals surface area contributed by atoms with E-state index in [1.165, 1.54) is 12.1 Å². The Bertz CT molecular complexity index is 829. The Kier molecular flexibility index (Phi) is 5.86. The summed E-state index contributed by atoms with van der Waals surface area (Å²) < 4.78 is 56.9. The summed E-state index contributed by atoms with van der Waals surface area (Å²) in [5.74, 6) is -0.600. The zero-order valence-electron chi connectivity index (χ0n) is 15.2. The molecule has 150 valence electrons. The minimum Gasteiger partial charge on any atom is -0.474 e. The smallest absolute Gasteiger partial charge is 0.417 e. The Hall–Kier alpha value is -2.64. The highest BCUT2D eigenvalue weighted by Crippen LogP contribution is 2.30. The SMILES string of the molecule is Cc1ccc(C(=O)NC2CCC(Oc3ccc(C(F)(F)F)cn3)CC2)cc1F.